The maximum atomic E-state index is 12.8. The minimum absolute atomic E-state index is 0.0947. The minimum Gasteiger partial charge on any atom is -0.311 e. The number of carbonyl (C=O) groups is 2. The first-order chi connectivity index (χ1) is 14.1. The molecule has 6 nitrogen and oxygen atoms in total. The fourth-order valence-electron chi connectivity index (χ4n) is 3.60. The zero-order valence-corrected chi connectivity index (χ0v) is 16.2. The Morgan fingerprint density at radius 3 is 2.59 bits per heavy atom. The molecular formula is C23H22N4O2. The van der Waals surface area contributed by atoms with Gasteiger partial charge >= 0.3 is 0 Å². The molecule has 0 saturated carbocycles. The summed E-state index contributed by atoms with van der Waals surface area (Å²) in [5, 5.41) is 7.26. The van der Waals surface area contributed by atoms with Crippen LogP contribution >= 0.6 is 0 Å². The summed E-state index contributed by atoms with van der Waals surface area (Å²) in [4.78, 5) is 26.6. The predicted octanol–water partition coefficient (Wildman–Crippen LogP) is 3.83. The number of carbonyl (C=O) groups excluding carboxylic acids is 2. The molecule has 0 aliphatic carbocycles. The van der Waals surface area contributed by atoms with Gasteiger partial charge in [0.1, 0.15) is 5.82 Å². The van der Waals surface area contributed by atoms with E-state index in [1.807, 2.05) is 60.7 Å². The van der Waals surface area contributed by atoms with E-state index < -0.39 is 0 Å². The lowest BCUT2D eigenvalue weighted by atomic mass is 9.93. The van der Waals surface area contributed by atoms with Gasteiger partial charge in [-0.15, -0.1) is 0 Å². The molecule has 0 radical (unpaired) electrons. The van der Waals surface area contributed by atoms with Crippen molar-refractivity contribution in [3.05, 3.63) is 89.8 Å². The highest BCUT2D eigenvalue weighted by molar-refractivity contribution is 5.91. The predicted molar refractivity (Wildman–Crippen MR) is 112 cm³/mol. The zero-order valence-electron chi connectivity index (χ0n) is 16.2. The fourth-order valence-corrected chi connectivity index (χ4v) is 3.60. The summed E-state index contributed by atoms with van der Waals surface area (Å²) >= 11 is 0. The molecular weight excluding hydrogens is 364 g/mol. The van der Waals surface area contributed by atoms with E-state index in [-0.39, 0.29) is 24.3 Å². The second-order valence-electron chi connectivity index (χ2n) is 7.00. The van der Waals surface area contributed by atoms with Crippen molar-refractivity contribution in [3.8, 4) is 0 Å². The van der Waals surface area contributed by atoms with Crippen LogP contribution in [0, 0.1) is 0 Å². The Balaban J connectivity index is 1.50. The summed E-state index contributed by atoms with van der Waals surface area (Å²) in [6, 6.07) is 19.2. The number of aromatic nitrogens is 2. The van der Waals surface area contributed by atoms with Gasteiger partial charge in [0.2, 0.25) is 11.8 Å². The molecule has 1 aliphatic rings. The number of hydrogen-bond donors (Lipinski definition) is 1. The van der Waals surface area contributed by atoms with Crippen LogP contribution in [0.15, 0.2) is 73.1 Å². The molecule has 6 heteroatoms. The monoisotopic (exact) mass is 386 g/mol. The number of benzene rings is 2. The van der Waals surface area contributed by atoms with Crippen molar-refractivity contribution in [1.29, 1.82) is 0 Å². The van der Waals surface area contributed by atoms with E-state index in [1.54, 1.807) is 28.0 Å². The number of nitrogens with one attached hydrogen (secondary N) is 1. The molecule has 4 rings (SSSR count). The van der Waals surface area contributed by atoms with Crippen LogP contribution in [0.1, 0.15) is 36.1 Å². The molecule has 0 fully saturated rings. The molecule has 2 heterocycles. The second kappa shape index (κ2) is 8.14. The molecule has 146 valence electrons. The molecule has 1 aliphatic heterocycles. The number of rotatable bonds is 5. The standard InChI is InChI=1S/C23H22N4O2/c1-17(28)26-14-12-19-9-5-6-10-20(19)21(26)15-23(29)25-22-11-13-24-27(22)16-18-7-3-2-4-8-18/h2-14,21H,15-16H2,1H3,(H,25,29). The number of nitrogens with zero attached hydrogens (tertiary/aromatic N) is 3. The van der Waals surface area contributed by atoms with Crippen molar-refractivity contribution >= 4 is 23.7 Å². The average Bonchev–Trinajstić information content (AvgIpc) is 3.15. The minimum atomic E-state index is -0.334. The smallest absolute Gasteiger partial charge is 0.227 e. The van der Waals surface area contributed by atoms with Gasteiger partial charge in [0, 0.05) is 19.2 Å². The number of hydrogen-bond acceptors (Lipinski definition) is 3. The first kappa shape index (κ1) is 18.7. The third-order valence-corrected chi connectivity index (χ3v) is 5.01. The van der Waals surface area contributed by atoms with E-state index in [1.165, 1.54) is 6.92 Å². The molecule has 1 unspecified atom stereocenters. The summed E-state index contributed by atoms with van der Waals surface area (Å²) < 4.78 is 1.75. The van der Waals surface area contributed by atoms with Crippen molar-refractivity contribution < 1.29 is 9.59 Å². The van der Waals surface area contributed by atoms with Crippen LogP contribution in [-0.2, 0) is 16.1 Å². The van der Waals surface area contributed by atoms with Crippen LogP contribution in [0.4, 0.5) is 5.82 Å². The van der Waals surface area contributed by atoms with Gasteiger partial charge in [-0.25, -0.2) is 4.68 Å². The summed E-state index contributed by atoms with van der Waals surface area (Å²) in [5.74, 6) is 0.372. The van der Waals surface area contributed by atoms with Gasteiger partial charge in [-0.3, -0.25) is 9.59 Å². The highest BCUT2D eigenvalue weighted by Gasteiger charge is 2.28. The summed E-state index contributed by atoms with van der Waals surface area (Å²) in [7, 11) is 0. The van der Waals surface area contributed by atoms with Gasteiger partial charge in [-0.1, -0.05) is 54.6 Å². The molecule has 1 atom stereocenters. The Morgan fingerprint density at radius 2 is 1.79 bits per heavy atom. The van der Waals surface area contributed by atoms with Crippen molar-refractivity contribution in [3.63, 3.8) is 0 Å². The average molecular weight is 386 g/mol. The van der Waals surface area contributed by atoms with Crippen molar-refractivity contribution in [2.24, 2.45) is 0 Å². The van der Waals surface area contributed by atoms with Crippen molar-refractivity contribution in [1.82, 2.24) is 14.7 Å². The summed E-state index contributed by atoms with van der Waals surface area (Å²) in [5.41, 5.74) is 3.09. The quantitative estimate of drug-likeness (QED) is 0.725. The maximum absolute atomic E-state index is 12.8. The lowest BCUT2D eigenvalue weighted by molar-refractivity contribution is -0.129. The van der Waals surface area contributed by atoms with Crippen LogP contribution in [0.5, 0.6) is 0 Å². The molecule has 1 N–H and O–H groups in total. The van der Waals surface area contributed by atoms with Crippen LogP contribution in [0.3, 0.4) is 0 Å². The normalized spacial score (nSPS) is 15.1. The largest absolute Gasteiger partial charge is 0.311 e. The summed E-state index contributed by atoms with van der Waals surface area (Å²) in [6.45, 7) is 2.08. The molecule has 3 aromatic rings. The van der Waals surface area contributed by atoms with Crippen molar-refractivity contribution in [2.75, 3.05) is 5.32 Å². The van der Waals surface area contributed by atoms with E-state index >= 15 is 0 Å². The Hall–Kier alpha value is -3.67. The molecule has 2 amide bonds. The Kier molecular flexibility index (Phi) is 5.24. The van der Waals surface area contributed by atoms with Gasteiger partial charge in [-0.05, 0) is 22.8 Å². The fraction of sp³-hybridized carbons (Fsp3) is 0.174. The lowest BCUT2D eigenvalue weighted by Crippen LogP contribution is -2.33. The van der Waals surface area contributed by atoms with Crippen molar-refractivity contribution in [2.45, 2.75) is 25.9 Å². The van der Waals surface area contributed by atoms with Gasteiger partial charge in [-0.2, -0.15) is 5.10 Å². The Bertz CT molecular complexity index is 1060. The number of fused-ring (bicyclic) bond motifs is 1. The van der Waals surface area contributed by atoms with E-state index in [9.17, 15) is 9.59 Å². The molecule has 0 bridgehead atoms. The SMILES string of the molecule is CC(=O)N1C=Cc2ccccc2C1CC(=O)Nc1ccnn1Cc1ccccc1. The van der Waals surface area contributed by atoms with Gasteiger partial charge < -0.3 is 10.2 Å². The first-order valence-corrected chi connectivity index (χ1v) is 9.53. The van der Waals surface area contributed by atoms with Crippen LogP contribution in [0.25, 0.3) is 6.08 Å². The number of amides is 2. The Morgan fingerprint density at radius 1 is 1.03 bits per heavy atom. The molecule has 2 aromatic carbocycles. The second-order valence-corrected chi connectivity index (χ2v) is 7.00. The Labute approximate surface area is 169 Å². The topological polar surface area (TPSA) is 67.2 Å². The van der Waals surface area contributed by atoms with Gasteiger partial charge in [0.05, 0.1) is 25.2 Å². The van der Waals surface area contributed by atoms with Crippen LogP contribution in [-0.4, -0.2) is 26.5 Å². The molecule has 29 heavy (non-hydrogen) atoms. The molecule has 1 aromatic heterocycles. The van der Waals surface area contributed by atoms with E-state index in [0.29, 0.717) is 12.4 Å². The zero-order chi connectivity index (χ0) is 20.2. The first-order valence-electron chi connectivity index (χ1n) is 9.53. The van der Waals surface area contributed by atoms with E-state index in [4.69, 9.17) is 0 Å². The third kappa shape index (κ3) is 4.11. The number of anilines is 1. The van der Waals surface area contributed by atoms with Crippen LogP contribution in [0.2, 0.25) is 0 Å². The van der Waals surface area contributed by atoms with Crippen LogP contribution < -0.4 is 5.32 Å². The molecule has 0 spiro atoms. The lowest BCUT2D eigenvalue weighted by Gasteiger charge is -2.32. The van der Waals surface area contributed by atoms with E-state index in [2.05, 4.69) is 10.4 Å². The third-order valence-electron chi connectivity index (χ3n) is 5.01. The van der Waals surface area contributed by atoms with Gasteiger partial charge in [0.15, 0.2) is 0 Å². The maximum Gasteiger partial charge on any atom is 0.227 e. The van der Waals surface area contributed by atoms with E-state index in [0.717, 1.165) is 16.7 Å². The highest BCUT2D eigenvalue weighted by atomic mass is 16.2. The summed E-state index contributed by atoms with van der Waals surface area (Å²) in [6.07, 6.45) is 5.48. The molecule has 0 saturated heterocycles. The van der Waals surface area contributed by atoms with Gasteiger partial charge in [0.25, 0.3) is 0 Å². The highest BCUT2D eigenvalue weighted by Crippen LogP contribution is 2.33.